The Balaban J connectivity index is 2.65. The van der Waals surface area contributed by atoms with E-state index in [1.807, 2.05) is 0 Å². The van der Waals surface area contributed by atoms with E-state index in [2.05, 4.69) is 17.0 Å². The molecule has 0 fully saturated rings. The van der Waals surface area contributed by atoms with Gasteiger partial charge in [-0.2, -0.15) is 0 Å². The monoisotopic (exact) mass is 299 g/mol. The molecule has 20 heavy (non-hydrogen) atoms. The van der Waals surface area contributed by atoms with Crippen LogP contribution in [0.15, 0.2) is 29.2 Å². The van der Waals surface area contributed by atoms with Gasteiger partial charge < -0.3 is 11.1 Å². The summed E-state index contributed by atoms with van der Waals surface area (Å²) < 4.78 is 26.5. The summed E-state index contributed by atoms with van der Waals surface area (Å²) in [7, 11) is -3.41. The average molecular weight is 299 g/mol. The Labute approximate surface area is 122 Å². The van der Waals surface area contributed by atoms with E-state index >= 15 is 0 Å². The van der Waals surface area contributed by atoms with Crippen molar-refractivity contribution in [3.05, 3.63) is 24.3 Å². The largest absolute Gasteiger partial charge is 0.385 e. The van der Waals surface area contributed by atoms with Crippen molar-refractivity contribution in [3.8, 4) is 0 Å². The standard InChI is InChI=1S/C14H25N3O2S/c1-11(2)17-20(18,19)14-6-4-13(5-7-14)16-10-12(3)8-9-15/h4-7,11-12,16-17H,8-10,15H2,1-3H3. The second kappa shape index (κ2) is 7.61. The smallest absolute Gasteiger partial charge is 0.240 e. The molecule has 0 bridgehead atoms. The van der Waals surface area contributed by atoms with Crippen LogP contribution >= 0.6 is 0 Å². The van der Waals surface area contributed by atoms with Gasteiger partial charge in [0.05, 0.1) is 4.90 Å². The van der Waals surface area contributed by atoms with Crippen LogP contribution in [0.5, 0.6) is 0 Å². The van der Waals surface area contributed by atoms with Crippen LogP contribution in [0, 0.1) is 5.92 Å². The third kappa shape index (κ3) is 5.48. The highest BCUT2D eigenvalue weighted by atomic mass is 32.2. The lowest BCUT2D eigenvalue weighted by atomic mass is 10.1. The fourth-order valence-corrected chi connectivity index (χ4v) is 3.06. The molecule has 0 saturated heterocycles. The lowest BCUT2D eigenvalue weighted by molar-refractivity contribution is 0.567. The van der Waals surface area contributed by atoms with Crippen LogP contribution in [0.2, 0.25) is 0 Å². The van der Waals surface area contributed by atoms with Crippen LogP contribution in [0.4, 0.5) is 5.69 Å². The van der Waals surface area contributed by atoms with Crippen LogP contribution in [0.3, 0.4) is 0 Å². The molecule has 1 atom stereocenters. The van der Waals surface area contributed by atoms with Crippen LogP contribution in [0.25, 0.3) is 0 Å². The molecule has 0 aliphatic heterocycles. The Morgan fingerprint density at radius 3 is 2.25 bits per heavy atom. The Hall–Kier alpha value is -1.11. The molecule has 1 unspecified atom stereocenters. The molecule has 0 aliphatic carbocycles. The van der Waals surface area contributed by atoms with Gasteiger partial charge in [-0.1, -0.05) is 6.92 Å². The molecule has 0 aromatic heterocycles. The molecule has 0 heterocycles. The molecule has 0 spiro atoms. The van der Waals surface area contributed by atoms with Gasteiger partial charge in [0.15, 0.2) is 0 Å². The Bertz CT molecular complexity index is 498. The first-order valence-electron chi connectivity index (χ1n) is 6.91. The molecule has 4 N–H and O–H groups in total. The summed E-state index contributed by atoms with van der Waals surface area (Å²) >= 11 is 0. The van der Waals surface area contributed by atoms with Gasteiger partial charge in [0.25, 0.3) is 0 Å². The minimum atomic E-state index is -3.41. The maximum absolute atomic E-state index is 12.0. The van der Waals surface area contributed by atoms with E-state index in [4.69, 9.17) is 5.73 Å². The maximum atomic E-state index is 12.0. The fourth-order valence-electron chi connectivity index (χ4n) is 1.81. The number of sulfonamides is 1. The van der Waals surface area contributed by atoms with Crippen LogP contribution in [-0.4, -0.2) is 27.5 Å². The molecule has 6 heteroatoms. The van der Waals surface area contributed by atoms with E-state index in [1.54, 1.807) is 38.1 Å². The van der Waals surface area contributed by atoms with Crippen molar-refractivity contribution < 1.29 is 8.42 Å². The number of rotatable bonds is 8. The van der Waals surface area contributed by atoms with E-state index in [-0.39, 0.29) is 10.9 Å². The lowest BCUT2D eigenvalue weighted by Crippen LogP contribution is -2.30. The molecule has 0 saturated carbocycles. The summed E-state index contributed by atoms with van der Waals surface area (Å²) in [5.74, 6) is 0.492. The van der Waals surface area contributed by atoms with Crippen molar-refractivity contribution in [2.24, 2.45) is 11.7 Å². The van der Waals surface area contributed by atoms with Crippen LogP contribution < -0.4 is 15.8 Å². The van der Waals surface area contributed by atoms with Gasteiger partial charge in [-0.15, -0.1) is 0 Å². The Kier molecular flexibility index (Phi) is 6.45. The van der Waals surface area contributed by atoms with Crippen molar-refractivity contribution in [3.63, 3.8) is 0 Å². The summed E-state index contributed by atoms with van der Waals surface area (Å²) in [6, 6.07) is 6.67. The van der Waals surface area contributed by atoms with E-state index in [9.17, 15) is 8.42 Å². The molecular weight excluding hydrogens is 274 g/mol. The van der Waals surface area contributed by atoms with E-state index < -0.39 is 10.0 Å². The number of hydrogen-bond acceptors (Lipinski definition) is 4. The summed E-state index contributed by atoms with van der Waals surface area (Å²) in [5.41, 5.74) is 6.42. The summed E-state index contributed by atoms with van der Waals surface area (Å²) in [6.07, 6.45) is 0.970. The highest BCUT2D eigenvalue weighted by Crippen LogP contribution is 2.15. The van der Waals surface area contributed by atoms with Crippen molar-refractivity contribution in [1.29, 1.82) is 0 Å². The number of anilines is 1. The molecule has 0 radical (unpaired) electrons. The van der Waals surface area contributed by atoms with Gasteiger partial charge in [-0.3, -0.25) is 0 Å². The van der Waals surface area contributed by atoms with Crippen molar-refractivity contribution in [2.45, 2.75) is 38.1 Å². The zero-order valence-electron chi connectivity index (χ0n) is 12.4. The quantitative estimate of drug-likeness (QED) is 0.683. The Morgan fingerprint density at radius 2 is 1.75 bits per heavy atom. The third-order valence-electron chi connectivity index (χ3n) is 2.87. The predicted octanol–water partition coefficient (Wildman–Crippen LogP) is 1.77. The molecule has 114 valence electrons. The second-order valence-corrected chi connectivity index (χ2v) is 7.08. The van der Waals surface area contributed by atoms with Gasteiger partial charge in [0.2, 0.25) is 10.0 Å². The lowest BCUT2D eigenvalue weighted by Gasteiger charge is -2.13. The maximum Gasteiger partial charge on any atom is 0.240 e. The molecule has 0 aliphatic rings. The van der Waals surface area contributed by atoms with Crippen molar-refractivity contribution in [1.82, 2.24) is 4.72 Å². The van der Waals surface area contributed by atoms with Crippen LogP contribution in [-0.2, 0) is 10.0 Å². The molecule has 1 aromatic carbocycles. The number of nitrogens with one attached hydrogen (secondary N) is 2. The van der Waals surface area contributed by atoms with Gasteiger partial charge >= 0.3 is 0 Å². The first-order valence-corrected chi connectivity index (χ1v) is 8.40. The van der Waals surface area contributed by atoms with Gasteiger partial charge in [0, 0.05) is 18.3 Å². The van der Waals surface area contributed by atoms with E-state index in [0.29, 0.717) is 12.5 Å². The number of hydrogen-bond donors (Lipinski definition) is 3. The summed E-state index contributed by atoms with van der Waals surface area (Å²) in [4.78, 5) is 0.284. The molecular formula is C14H25N3O2S. The van der Waals surface area contributed by atoms with Gasteiger partial charge in [-0.25, -0.2) is 13.1 Å². The van der Waals surface area contributed by atoms with E-state index in [0.717, 1.165) is 18.7 Å². The fraction of sp³-hybridized carbons (Fsp3) is 0.571. The normalized spacial score (nSPS) is 13.4. The summed E-state index contributed by atoms with van der Waals surface area (Å²) in [5, 5.41) is 3.28. The minimum Gasteiger partial charge on any atom is -0.385 e. The third-order valence-corrected chi connectivity index (χ3v) is 4.54. The topological polar surface area (TPSA) is 84.2 Å². The number of benzene rings is 1. The van der Waals surface area contributed by atoms with Gasteiger partial charge in [-0.05, 0) is 57.0 Å². The van der Waals surface area contributed by atoms with Gasteiger partial charge in [0.1, 0.15) is 0 Å². The van der Waals surface area contributed by atoms with Crippen molar-refractivity contribution >= 4 is 15.7 Å². The molecule has 1 rings (SSSR count). The van der Waals surface area contributed by atoms with E-state index in [1.165, 1.54) is 0 Å². The highest BCUT2D eigenvalue weighted by Gasteiger charge is 2.14. The van der Waals surface area contributed by atoms with Crippen LogP contribution in [0.1, 0.15) is 27.2 Å². The summed E-state index contributed by atoms with van der Waals surface area (Å²) in [6.45, 7) is 7.23. The second-order valence-electron chi connectivity index (χ2n) is 5.36. The zero-order valence-corrected chi connectivity index (χ0v) is 13.2. The zero-order chi connectivity index (χ0) is 15.2. The highest BCUT2D eigenvalue weighted by molar-refractivity contribution is 7.89. The Morgan fingerprint density at radius 1 is 1.15 bits per heavy atom. The minimum absolute atomic E-state index is 0.116. The first kappa shape index (κ1) is 16.9. The average Bonchev–Trinajstić information content (AvgIpc) is 2.36. The molecule has 0 amide bonds. The SMILES string of the molecule is CC(CCN)CNc1ccc(S(=O)(=O)NC(C)C)cc1. The number of nitrogens with two attached hydrogens (primary N) is 1. The molecule has 1 aromatic rings. The molecule has 5 nitrogen and oxygen atoms in total. The predicted molar refractivity (Wildman–Crippen MR) is 83.2 cm³/mol. The van der Waals surface area contributed by atoms with Crippen molar-refractivity contribution in [2.75, 3.05) is 18.4 Å². The first-order chi connectivity index (χ1) is 9.35.